The van der Waals surface area contributed by atoms with E-state index in [9.17, 15) is 37.9 Å². The fourth-order valence-corrected chi connectivity index (χ4v) is 8.02. The van der Waals surface area contributed by atoms with Crippen LogP contribution in [0.3, 0.4) is 0 Å². The van der Waals surface area contributed by atoms with Gasteiger partial charge in [0, 0.05) is 12.8 Å². The van der Waals surface area contributed by atoms with Crippen molar-refractivity contribution in [1.29, 1.82) is 0 Å². The summed E-state index contributed by atoms with van der Waals surface area (Å²) in [5.41, 5.74) is 0. The Bertz CT molecular complexity index is 1270. The van der Waals surface area contributed by atoms with Crippen LogP contribution in [0.4, 0.5) is 0 Å². The Morgan fingerprint density at radius 1 is 0.574 bits per heavy atom. The number of hydrogen-bond acceptors (Lipinski definition) is 11. The van der Waals surface area contributed by atoms with Crippen LogP contribution < -0.4 is 0 Å². The first-order chi connectivity index (χ1) is 29.5. The van der Waals surface area contributed by atoms with Gasteiger partial charge >= 0.3 is 11.9 Å². The molecule has 13 heteroatoms. The molecule has 12 nitrogen and oxygen atoms in total. The fraction of sp³-hybridized carbons (Fsp3) is 0.833. The largest absolute Gasteiger partial charge is 0.462 e. The topological polar surface area (TPSA) is 186 Å². The second kappa shape index (κ2) is 38.3. The lowest BCUT2D eigenvalue weighted by atomic mass is 10.00. The van der Waals surface area contributed by atoms with E-state index in [4.69, 9.17) is 18.9 Å². The quantitative estimate of drug-likeness (QED) is 0.0198. The highest BCUT2D eigenvalue weighted by atomic mass is 32.2. The molecular formula is C48H86O12S. The lowest BCUT2D eigenvalue weighted by Crippen LogP contribution is -2.60. The monoisotopic (exact) mass is 887 g/mol. The summed E-state index contributed by atoms with van der Waals surface area (Å²) in [6, 6.07) is 0. The van der Waals surface area contributed by atoms with Crippen LogP contribution in [0.5, 0.6) is 0 Å². The van der Waals surface area contributed by atoms with Crippen molar-refractivity contribution in [2.24, 2.45) is 0 Å². The summed E-state index contributed by atoms with van der Waals surface area (Å²) in [6.45, 7) is 3.63. The zero-order chi connectivity index (χ0) is 44.8. The van der Waals surface area contributed by atoms with Gasteiger partial charge in [-0.3, -0.25) is 14.1 Å². The van der Waals surface area contributed by atoms with Crippen molar-refractivity contribution in [3.05, 3.63) is 36.5 Å². The Labute approximate surface area is 370 Å². The normalized spacial score (nSPS) is 20.3. The van der Waals surface area contributed by atoms with E-state index in [2.05, 4.69) is 26.0 Å². The zero-order valence-corrected chi connectivity index (χ0v) is 38.8. The SMILES string of the molecule is CC/C=C/C=C/C=C/CCCCCCCC(=O)OC(COC(=O)CCCCCCCCCCCCCCCCCCCCCC)CO[C@H]1O[C@H](CS(=O)(=O)O)[C@@H](O)C(O)C1O. The molecule has 1 rings (SSSR count). The highest BCUT2D eigenvalue weighted by Gasteiger charge is 2.46. The number of esters is 2. The average molecular weight is 887 g/mol. The van der Waals surface area contributed by atoms with Crippen molar-refractivity contribution in [2.45, 2.75) is 237 Å². The average Bonchev–Trinajstić information content (AvgIpc) is 3.22. The first-order valence-corrected chi connectivity index (χ1v) is 25.7. The molecule has 6 atom stereocenters. The third-order valence-electron chi connectivity index (χ3n) is 11.0. The van der Waals surface area contributed by atoms with Crippen molar-refractivity contribution < 1.29 is 56.8 Å². The van der Waals surface area contributed by atoms with Gasteiger partial charge in [0.05, 0.1) is 6.61 Å². The highest BCUT2D eigenvalue weighted by Crippen LogP contribution is 2.24. The van der Waals surface area contributed by atoms with Gasteiger partial charge in [0.1, 0.15) is 36.8 Å². The number of aliphatic hydroxyl groups excluding tert-OH is 3. The minimum absolute atomic E-state index is 0.143. The molecule has 1 heterocycles. The molecule has 1 aliphatic rings. The Balaban J connectivity index is 2.38. The third-order valence-corrected chi connectivity index (χ3v) is 11.8. The van der Waals surface area contributed by atoms with E-state index >= 15 is 0 Å². The van der Waals surface area contributed by atoms with Gasteiger partial charge < -0.3 is 34.3 Å². The van der Waals surface area contributed by atoms with Crippen molar-refractivity contribution in [3.8, 4) is 0 Å². The lowest BCUT2D eigenvalue weighted by Gasteiger charge is -2.40. The smallest absolute Gasteiger partial charge is 0.306 e. The molecule has 0 aromatic heterocycles. The van der Waals surface area contributed by atoms with Crippen LogP contribution in [0, 0.1) is 0 Å². The standard InChI is InChI=1S/C48H86O12S/c1-3-5-7-9-11-13-15-17-18-19-20-21-22-23-25-26-28-30-32-34-36-43(49)57-38-41(39-58-48-47(53)46(52)45(51)42(60-48)40-61(54,55)56)59-44(50)37-35-33-31-29-27-24-16-14-12-10-8-6-4-2/h6,8,10,12,14,16,41-42,45-48,51-53H,3-5,7,9,11,13,15,17-40H2,1-2H3,(H,54,55,56)/b8-6+,12-10+,16-14+/t41?,42-,45-,46?,47?,48+/m1/s1. The van der Waals surface area contributed by atoms with Crippen LogP contribution in [0.1, 0.15) is 200 Å². The van der Waals surface area contributed by atoms with Gasteiger partial charge in [-0.15, -0.1) is 0 Å². The molecule has 1 fully saturated rings. The van der Waals surface area contributed by atoms with Crippen molar-refractivity contribution in [3.63, 3.8) is 0 Å². The molecular weight excluding hydrogens is 801 g/mol. The van der Waals surface area contributed by atoms with E-state index in [1.54, 1.807) is 0 Å². The highest BCUT2D eigenvalue weighted by molar-refractivity contribution is 7.85. The molecule has 1 aliphatic heterocycles. The van der Waals surface area contributed by atoms with Crippen LogP contribution in [-0.2, 0) is 38.7 Å². The molecule has 0 saturated carbocycles. The minimum atomic E-state index is -4.60. The lowest BCUT2D eigenvalue weighted by molar-refractivity contribution is -0.297. The first-order valence-electron chi connectivity index (χ1n) is 24.1. The van der Waals surface area contributed by atoms with Crippen molar-refractivity contribution in [2.75, 3.05) is 19.0 Å². The Kier molecular flexibility index (Phi) is 35.8. The molecule has 0 aliphatic carbocycles. The van der Waals surface area contributed by atoms with Crippen molar-refractivity contribution in [1.82, 2.24) is 0 Å². The van der Waals surface area contributed by atoms with E-state index in [-0.39, 0.29) is 19.4 Å². The van der Waals surface area contributed by atoms with Crippen LogP contribution >= 0.6 is 0 Å². The molecule has 61 heavy (non-hydrogen) atoms. The molecule has 0 aromatic carbocycles. The maximum absolute atomic E-state index is 12.8. The number of carbonyl (C=O) groups excluding carboxylic acids is 2. The molecule has 0 bridgehead atoms. The van der Waals surface area contributed by atoms with Crippen LogP contribution in [0.2, 0.25) is 0 Å². The Hall–Kier alpha value is -2.13. The Morgan fingerprint density at radius 3 is 1.52 bits per heavy atom. The maximum Gasteiger partial charge on any atom is 0.306 e. The summed E-state index contributed by atoms with van der Waals surface area (Å²) in [4.78, 5) is 25.4. The van der Waals surface area contributed by atoms with Crippen LogP contribution in [0.25, 0.3) is 0 Å². The van der Waals surface area contributed by atoms with Gasteiger partial charge in [-0.1, -0.05) is 192 Å². The predicted molar refractivity (Wildman–Crippen MR) is 243 cm³/mol. The number of unbranched alkanes of at least 4 members (excludes halogenated alkanes) is 24. The molecule has 0 aromatic rings. The third kappa shape index (κ3) is 33.1. The number of ether oxygens (including phenoxy) is 4. The molecule has 3 unspecified atom stereocenters. The summed E-state index contributed by atoms with van der Waals surface area (Å²) in [6.07, 6.45) is 34.8. The van der Waals surface area contributed by atoms with E-state index in [0.29, 0.717) is 12.8 Å². The summed E-state index contributed by atoms with van der Waals surface area (Å²) < 4.78 is 54.1. The second-order valence-corrected chi connectivity index (χ2v) is 18.3. The molecule has 0 amide bonds. The van der Waals surface area contributed by atoms with Crippen LogP contribution in [0.15, 0.2) is 36.5 Å². The summed E-state index contributed by atoms with van der Waals surface area (Å²) in [7, 11) is -4.60. The van der Waals surface area contributed by atoms with Crippen LogP contribution in [-0.4, -0.2) is 96.0 Å². The first kappa shape index (κ1) is 56.9. The molecule has 0 spiro atoms. The number of aliphatic hydroxyl groups is 3. The number of allylic oxidation sites excluding steroid dienone is 6. The van der Waals surface area contributed by atoms with E-state index < -0.39 is 71.2 Å². The van der Waals surface area contributed by atoms with Gasteiger partial charge in [-0.05, 0) is 32.1 Å². The minimum Gasteiger partial charge on any atom is -0.462 e. The summed E-state index contributed by atoms with van der Waals surface area (Å²) in [5.74, 6) is -2.00. The molecule has 356 valence electrons. The Morgan fingerprint density at radius 2 is 1.03 bits per heavy atom. The van der Waals surface area contributed by atoms with Gasteiger partial charge in [0.25, 0.3) is 10.1 Å². The van der Waals surface area contributed by atoms with Gasteiger partial charge in [0.2, 0.25) is 0 Å². The van der Waals surface area contributed by atoms with E-state index in [0.717, 1.165) is 57.8 Å². The molecule has 1 saturated heterocycles. The molecule has 0 radical (unpaired) electrons. The number of hydrogen-bond donors (Lipinski definition) is 4. The van der Waals surface area contributed by atoms with E-state index in [1.165, 1.54) is 103 Å². The second-order valence-electron chi connectivity index (χ2n) is 16.8. The number of carbonyl (C=O) groups is 2. The summed E-state index contributed by atoms with van der Waals surface area (Å²) >= 11 is 0. The summed E-state index contributed by atoms with van der Waals surface area (Å²) in [5, 5.41) is 30.9. The predicted octanol–water partition coefficient (Wildman–Crippen LogP) is 10.2. The molecule has 4 N–H and O–H groups in total. The maximum atomic E-state index is 12.8. The number of rotatable bonds is 40. The van der Waals surface area contributed by atoms with Gasteiger partial charge in [-0.2, -0.15) is 8.42 Å². The van der Waals surface area contributed by atoms with Gasteiger partial charge in [0.15, 0.2) is 12.4 Å². The van der Waals surface area contributed by atoms with Crippen molar-refractivity contribution >= 4 is 22.1 Å². The van der Waals surface area contributed by atoms with Gasteiger partial charge in [-0.25, -0.2) is 0 Å². The van der Waals surface area contributed by atoms with E-state index in [1.807, 2.05) is 24.3 Å². The fourth-order valence-electron chi connectivity index (χ4n) is 7.32. The zero-order valence-electron chi connectivity index (χ0n) is 38.0.